The molecule has 4 nitrogen and oxygen atoms in total. The van der Waals surface area contributed by atoms with Crippen LogP contribution in [0.15, 0.2) is 12.4 Å². The lowest BCUT2D eigenvalue weighted by Gasteiger charge is -2.41. The highest BCUT2D eigenvalue weighted by molar-refractivity contribution is 5.92. The summed E-state index contributed by atoms with van der Waals surface area (Å²) in [6, 6.07) is 2.82. The fourth-order valence-electron chi connectivity index (χ4n) is 4.57. The summed E-state index contributed by atoms with van der Waals surface area (Å²) in [6.07, 6.45) is 16.4. The van der Waals surface area contributed by atoms with Crippen LogP contribution in [0, 0.1) is 0 Å². The molecular weight excluding hydrogens is 298 g/mol. The van der Waals surface area contributed by atoms with Crippen molar-refractivity contribution < 1.29 is 4.79 Å². The average molecular weight is 327 g/mol. The lowest BCUT2D eigenvalue weighted by molar-refractivity contribution is 0.0442. The first-order valence-corrected chi connectivity index (χ1v) is 9.97. The summed E-state index contributed by atoms with van der Waals surface area (Å²) < 4.78 is 0. The van der Waals surface area contributed by atoms with Gasteiger partial charge in [0.25, 0.3) is 5.91 Å². The maximum absolute atomic E-state index is 13.4. The standard InChI is InChI=1S/C20H29N3O/c24-20(19-13-18(15-11-12-15)21-14-22-19)23(16-7-3-1-4-8-16)17-9-5-2-6-10-17/h13-17H,1-12H2. The summed E-state index contributed by atoms with van der Waals surface area (Å²) in [5.74, 6) is 0.732. The number of aromatic nitrogens is 2. The summed E-state index contributed by atoms with van der Waals surface area (Å²) in [5.41, 5.74) is 1.70. The monoisotopic (exact) mass is 327 g/mol. The van der Waals surface area contributed by atoms with Crippen molar-refractivity contribution in [2.75, 3.05) is 0 Å². The number of carbonyl (C=O) groups excluding carboxylic acids is 1. The van der Waals surface area contributed by atoms with Crippen molar-refractivity contribution >= 4 is 5.91 Å². The molecule has 1 heterocycles. The van der Waals surface area contributed by atoms with Gasteiger partial charge in [0.15, 0.2) is 0 Å². The summed E-state index contributed by atoms with van der Waals surface area (Å²) in [7, 11) is 0. The van der Waals surface area contributed by atoms with Crippen molar-refractivity contribution in [3.8, 4) is 0 Å². The minimum absolute atomic E-state index is 0.165. The van der Waals surface area contributed by atoms with Gasteiger partial charge in [-0.3, -0.25) is 4.79 Å². The Labute approximate surface area is 145 Å². The van der Waals surface area contributed by atoms with Gasteiger partial charge in [-0.05, 0) is 44.6 Å². The van der Waals surface area contributed by atoms with Crippen LogP contribution in [0.5, 0.6) is 0 Å². The number of rotatable bonds is 4. The van der Waals surface area contributed by atoms with Gasteiger partial charge in [-0.2, -0.15) is 0 Å². The summed E-state index contributed by atoms with van der Waals surface area (Å²) >= 11 is 0. The van der Waals surface area contributed by atoms with Crippen molar-refractivity contribution in [2.45, 2.75) is 95.1 Å². The van der Waals surface area contributed by atoms with E-state index < -0.39 is 0 Å². The van der Waals surface area contributed by atoms with Crippen molar-refractivity contribution in [3.05, 3.63) is 23.8 Å². The molecule has 3 aliphatic rings. The van der Waals surface area contributed by atoms with Gasteiger partial charge in [-0.25, -0.2) is 9.97 Å². The van der Waals surface area contributed by atoms with E-state index in [1.807, 2.05) is 6.07 Å². The van der Waals surface area contributed by atoms with Crippen LogP contribution in [0.4, 0.5) is 0 Å². The van der Waals surface area contributed by atoms with E-state index in [-0.39, 0.29) is 5.91 Å². The Balaban J connectivity index is 1.58. The second-order valence-electron chi connectivity index (χ2n) is 7.90. The summed E-state index contributed by atoms with van der Waals surface area (Å²) in [6.45, 7) is 0. The van der Waals surface area contributed by atoms with E-state index in [4.69, 9.17) is 0 Å². The van der Waals surface area contributed by atoms with Crippen LogP contribution in [-0.2, 0) is 0 Å². The van der Waals surface area contributed by atoms with Crippen molar-refractivity contribution in [1.29, 1.82) is 0 Å². The summed E-state index contributed by atoms with van der Waals surface area (Å²) in [5, 5.41) is 0. The van der Waals surface area contributed by atoms with E-state index >= 15 is 0 Å². The van der Waals surface area contributed by atoms with Gasteiger partial charge in [0.2, 0.25) is 0 Å². The Morgan fingerprint density at radius 1 is 0.833 bits per heavy atom. The van der Waals surface area contributed by atoms with Crippen LogP contribution in [0.1, 0.15) is 99.2 Å². The van der Waals surface area contributed by atoms with Crippen LogP contribution in [0.2, 0.25) is 0 Å². The largest absolute Gasteiger partial charge is 0.331 e. The lowest BCUT2D eigenvalue weighted by Crippen LogP contribution is -2.49. The molecule has 1 aromatic heterocycles. The lowest BCUT2D eigenvalue weighted by atomic mass is 9.88. The molecule has 24 heavy (non-hydrogen) atoms. The highest BCUT2D eigenvalue weighted by Gasteiger charge is 2.34. The zero-order valence-electron chi connectivity index (χ0n) is 14.6. The SMILES string of the molecule is O=C(c1cc(C2CC2)ncn1)N(C1CCCCC1)C1CCCCC1. The minimum atomic E-state index is 0.165. The van der Waals surface area contributed by atoms with Crippen LogP contribution in [0.3, 0.4) is 0 Å². The predicted molar refractivity (Wildman–Crippen MR) is 93.9 cm³/mol. The van der Waals surface area contributed by atoms with E-state index in [2.05, 4.69) is 14.9 Å². The van der Waals surface area contributed by atoms with E-state index in [1.54, 1.807) is 6.33 Å². The average Bonchev–Trinajstić information content (AvgIpc) is 3.49. The zero-order valence-corrected chi connectivity index (χ0v) is 14.6. The number of hydrogen-bond acceptors (Lipinski definition) is 3. The van der Waals surface area contributed by atoms with Gasteiger partial charge in [0, 0.05) is 23.7 Å². The third kappa shape index (κ3) is 3.47. The predicted octanol–water partition coefficient (Wildman–Crippen LogP) is 4.46. The molecule has 0 N–H and O–H groups in total. The Kier molecular flexibility index (Phi) is 4.81. The molecule has 0 atom stereocenters. The molecule has 3 aliphatic carbocycles. The number of nitrogens with zero attached hydrogens (tertiary/aromatic N) is 3. The van der Waals surface area contributed by atoms with Crippen molar-refractivity contribution in [1.82, 2.24) is 14.9 Å². The number of hydrogen-bond donors (Lipinski definition) is 0. The second kappa shape index (κ2) is 7.20. The maximum Gasteiger partial charge on any atom is 0.273 e. The smallest absolute Gasteiger partial charge is 0.273 e. The first-order valence-electron chi connectivity index (χ1n) is 9.97. The minimum Gasteiger partial charge on any atom is -0.331 e. The van der Waals surface area contributed by atoms with Gasteiger partial charge in [0.05, 0.1) is 0 Å². The van der Waals surface area contributed by atoms with E-state index in [0.717, 1.165) is 5.69 Å². The topological polar surface area (TPSA) is 46.1 Å². The molecule has 0 aromatic carbocycles. The van der Waals surface area contributed by atoms with Crippen LogP contribution < -0.4 is 0 Å². The fraction of sp³-hybridized carbons (Fsp3) is 0.750. The Morgan fingerprint density at radius 2 is 1.42 bits per heavy atom. The van der Waals surface area contributed by atoms with E-state index in [0.29, 0.717) is 23.7 Å². The number of carbonyl (C=O) groups is 1. The van der Waals surface area contributed by atoms with Crippen LogP contribution >= 0.6 is 0 Å². The first kappa shape index (κ1) is 16.0. The third-order valence-electron chi connectivity index (χ3n) is 6.07. The molecule has 4 heteroatoms. The Morgan fingerprint density at radius 3 is 1.96 bits per heavy atom. The van der Waals surface area contributed by atoms with E-state index in [1.165, 1.54) is 77.0 Å². The molecule has 130 valence electrons. The molecule has 1 aromatic rings. The first-order chi connectivity index (χ1) is 11.8. The fourth-order valence-corrected chi connectivity index (χ4v) is 4.57. The molecule has 3 saturated carbocycles. The molecule has 1 amide bonds. The van der Waals surface area contributed by atoms with Gasteiger partial charge in [-0.15, -0.1) is 0 Å². The highest BCUT2D eigenvalue weighted by Crippen LogP contribution is 2.39. The van der Waals surface area contributed by atoms with Crippen LogP contribution in [-0.4, -0.2) is 32.9 Å². The molecule has 0 spiro atoms. The zero-order chi connectivity index (χ0) is 16.4. The Bertz CT molecular complexity index is 554. The molecule has 0 unspecified atom stereocenters. The van der Waals surface area contributed by atoms with Gasteiger partial charge >= 0.3 is 0 Å². The Hall–Kier alpha value is -1.45. The molecule has 4 rings (SSSR count). The molecule has 0 aliphatic heterocycles. The molecule has 0 saturated heterocycles. The normalized spacial score (nSPS) is 23.2. The van der Waals surface area contributed by atoms with Gasteiger partial charge in [0.1, 0.15) is 12.0 Å². The van der Waals surface area contributed by atoms with Crippen molar-refractivity contribution in [2.24, 2.45) is 0 Å². The molecule has 0 bridgehead atoms. The second-order valence-corrected chi connectivity index (χ2v) is 7.90. The maximum atomic E-state index is 13.4. The molecule has 0 radical (unpaired) electrons. The molecular formula is C20H29N3O. The third-order valence-corrected chi connectivity index (χ3v) is 6.07. The summed E-state index contributed by atoms with van der Waals surface area (Å²) in [4.78, 5) is 24.4. The highest BCUT2D eigenvalue weighted by atomic mass is 16.2. The van der Waals surface area contributed by atoms with Gasteiger partial charge < -0.3 is 4.90 Å². The molecule has 3 fully saturated rings. The number of amides is 1. The quantitative estimate of drug-likeness (QED) is 0.820. The van der Waals surface area contributed by atoms with Crippen molar-refractivity contribution in [3.63, 3.8) is 0 Å². The van der Waals surface area contributed by atoms with E-state index in [9.17, 15) is 4.79 Å². The van der Waals surface area contributed by atoms with Gasteiger partial charge in [-0.1, -0.05) is 38.5 Å². The van der Waals surface area contributed by atoms with Crippen LogP contribution in [0.25, 0.3) is 0 Å².